The van der Waals surface area contributed by atoms with Crippen LogP contribution in [0.15, 0.2) is 70.7 Å². The van der Waals surface area contributed by atoms with E-state index < -0.39 is 18.1 Å². The maximum absolute atomic E-state index is 14.2. The molecule has 2 aromatic carbocycles. The number of hydrogen-bond acceptors (Lipinski definition) is 12. The summed E-state index contributed by atoms with van der Waals surface area (Å²) in [5.74, 6) is -1.69. The first-order chi connectivity index (χ1) is 27.9. The summed E-state index contributed by atoms with van der Waals surface area (Å²) in [6.45, 7) is 8.06. The number of para-hydroxylation sites is 1. The normalized spacial score (nSPS) is 17.7. The molecule has 15 nitrogen and oxygen atoms in total. The van der Waals surface area contributed by atoms with Crippen LogP contribution < -0.4 is 10.1 Å². The average Bonchev–Trinajstić information content (AvgIpc) is 4.03. The highest BCUT2D eigenvalue weighted by molar-refractivity contribution is 7.13. The first-order valence-electron chi connectivity index (χ1n) is 19.3. The molecule has 1 fully saturated rings. The van der Waals surface area contributed by atoms with Crippen LogP contribution in [-0.2, 0) is 27.3 Å². The fourth-order valence-electron chi connectivity index (χ4n) is 7.87. The minimum Gasteiger partial charge on any atom is -0.507 e. The Bertz CT molecular complexity index is 2480. The van der Waals surface area contributed by atoms with E-state index in [1.165, 1.54) is 11.0 Å². The van der Waals surface area contributed by atoms with Crippen LogP contribution in [0.4, 0.5) is 0 Å². The lowest BCUT2D eigenvalue weighted by molar-refractivity contribution is -0.141. The summed E-state index contributed by atoms with van der Waals surface area (Å²) in [4.78, 5) is 53.1. The molecule has 0 radical (unpaired) electrons. The number of β-amino-alcohol motifs (C(OH)–C–C–N with tert-alkyl or cyclic N) is 1. The summed E-state index contributed by atoms with van der Waals surface area (Å²) in [7, 11) is 0. The van der Waals surface area contributed by atoms with Crippen molar-refractivity contribution in [2.45, 2.75) is 71.2 Å². The number of carbonyl (C=O) groups excluding carboxylic acids is 3. The zero-order chi connectivity index (χ0) is 40.7. The van der Waals surface area contributed by atoms with Crippen molar-refractivity contribution in [3.05, 3.63) is 94.4 Å². The van der Waals surface area contributed by atoms with Gasteiger partial charge in [0.15, 0.2) is 18.0 Å². The molecule has 2 aliphatic rings. The number of carbonyl (C=O) groups is 3. The summed E-state index contributed by atoms with van der Waals surface area (Å²) < 4.78 is 11.4. The number of phenols is 1. The predicted molar refractivity (Wildman–Crippen MR) is 215 cm³/mol. The number of fused-ring (bicyclic) bond motifs is 3. The molecule has 2 aliphatic heterocycles. The molecule has 300 valence electrons. The second kappa shape index (κ2) is 16.0. The van der Waals surface area contributed by atoms with Gasteiger partial charge in [-0.15, -0.1) is 21.5 Å². The molecule has 0 unspecified atom stereocenters. The third kappa shape index (κ3) is 7.64. The van der Waals surface area contributed by atoms with Crippen LogP contribution in [0.1, 0.15) is 67.4 Å². The van der Waals surface area contributed by atoms with Crippen molar-refractivity contribution >= 4 is 40.1 Å². The van der Waals surface area contributed by atoms with Crippen molar-refractivity contribution in [1.29, 1.82) is 0 Å². The molecule has 8 rings (SSSR count). The number of H-pyrrole nitrogens is 1. The fraction of sp³-hybridized carbons (Fsp3) is 0.357. The molecule has 4 N–H and O–H groups in total. The van der Waals surface area contributed by atoms with Gasteiger partial charge in [0.2, 0.25) is 11.8 Å². The van der Waals surface area contributed by atoms with Gasteiger partial charge in [-0.1, -0.05) is 50.2 Å². The standard InChI is InChI=1S/C42H44N8O7S/c1-22(2)38(42(55)50-18-27(51)15-33(50)41(54)44-23(3)25-9-11-26(12-10-25)39-24(4)43-21-58-39)35-17-36(48-57-35)56-20-37(53)49-14-13-31-30(19-49)29-16-32(46-47-40(29)45-31)28-7-5-6-8-34(28)52/h5-12,16-17,21-23,27,33,38,51-52H,13-15,18-20H2,1-4H3,(H,44,54)(H,45,47)/t23-,27+,33-,38+/m0/s1. The summed E-state index contributed by atoms with van der Waals surface area (Å²) >= 11 is 1.57. The molecule has 0 bridgehead atoms. The van der Waals surface area contributed by atoms with E-state index in [0.29, 0.717) is 36.4 Å². The molecule has 4 aromatic heterocycles. The number of aromatic amines is 1. The van der Waals surface area contributed by atoms with Crippen LogP contribution in [0.5, 0.6) is 11.6 Å². The van der Waals surface area contributed by atoms with E-state index in [9.17, 15) is 24.6 Å². The summed E-state index contributed by atoms with van der Waals surface area (Å²) in [6.07, 6.45) is -0.181. The van der Waals surface area contributed by atoms with E-state index in [2.05, 4.69) is 30.6 Å². The SMILES string of the molecule is Cc1ncsc1-c1ccc([C@H](C)NC(=O)[C@@H]2C[C@@H](O)CN2C(=O)[C@@H](c2cc(OCC(=O)N3CCc4[nH]c5nnc(-c6ccccc6O)cc5c4C3)no2)C(C)C)cc1. The van der Waals surface area contributed by atoms with Gasteiger partial charge in [0.25, 0.3) is 11.8 Å². The highest BCUT2D eigenvalue weighted by atomic mass is 32.1. The van der Waals surface area contributed by atoms with E-state index in [1.54, 1.807) is 34.4 Å². The maximum atomic E-state index is 14.2. The number of likely N-dealkylation sites (tertiary alicyclic amines) is 1. The zero-order valence-electron chi connectivity index (χ0n) is 32.5. The number of aryl methyl sites for hydroxylation is 1. The Hall–Kier alpha value is -6.13. The zero-order valence-corrected chi connectivity index (χ0v) is 33.3. The van der Waals surface area contributed by atoms with Gasteiger partial charge in [-0.2, -0.15) is 0 Å². The van der Waals surface area contributed by atoms with Gasteiger partial charge in [0, 0.05) is 60.7 Å². The van der Waals surface area contributed by atoms with Gasteiger partial charge in [0.1, 0.15) is 17.7 Å². The number of amides is 3. The van der Waals surface area contributed by atoms with Gasteiger partial charge < -0.3 is 39.6 Å². The molecule has 0 spiro atoms. The molecule has 16 heteroatoms. The molecule has 1 saturated heterocycles. The number of thiazole rings is 1. The smallest absolute Gasteiger partial charge is 0.260 e. The average molecular weight is 805 g/mol. The number of nitrogens with zero attached hydrogens (tertiary/aromatic N) is 6. The van der Waals surface area contributed by atoms with Crippen molar-refractivity contribution in [2.24, 2.45) is 5.92 Å². The summed E-state index contributed by atoms with van der Waals surface area (Å²) in [6, 6.07) is 17.0. The van der Waals surface area contributed by atoms with Gasteiger partial charge in [-0.05, 0) is 54.2 Å². The lowest BCUT2D eigenvalue weighted by atomic mass is 9.91. The molecule has 0 saturated carbocycles. The maximum Gasteiger partial charge on any atom is 0.260 e. The third-order valence-electron chi connectivity index (χ3n) is 11.0. The highest BCUT2D eigenvalue weighted by Crippen LogP contribution is 2.35. The Morgan fingerprint density at radius 2 is 1.88 bits per heavy atom. The number of rotatable bonds is 11. The number of phenolic OH excluding ortho intramolecular Hbond substituents is 1. The quantitative estimate of drug-likeness (QED) is 0.133. The number of aromatic hydroxyl groups is 1. The van der Waals surface area contributed by atoms with Crippen LogP contribution in [0.25, 0.3) is 32.7 Å². The number of ether oxygens (including phenoxy) is 1. The molecular formula is C42H44N8O7S. The van der Waals surface area contributed by atoms with Crippen molar-refractivity contribution in [1.82, 2.24) is 40.4 Å². The Morgan fingerprint density at radius 1 is 1.09 bits per heavy atom. The molecule has 58 heavy (non-hydrogen) atoms. The van der Waals surface area contributed by atoms with Crippen LogP contribution in [0.2, 0.25) is 0 Å². The third-order valence-corrected chi connectivity index (χ3v) is 12.0. The van der Waals surface area contributed by atoms with Crippen LogP contribution in [0, 0.1) is 12.8 Å². The van der Waals surface area contributed by atoms with Gasteiger partial charge in [-0.3, -0.25) is 14.4 Å². The Labute approximate surface area is 338 Å². The number of aromatic nitrogens is 5. The Kier molecular flexibility index (Phi) is 10.7. The number of hydrogen-bond donors (Lipinski definition) is 4. The van der Waals surface area contributed by atoms with Crippen LogP contribution in [-0.4, -0.2) is 94.9 Å². The minimum absolute atomic E-state index is 0.00000692. The minimum atomic E-state index is -0.882. The van der Waals surface area contributed by atoms with E-state index in [0.717, 1.165) is 38.3 Å². The van der Waals surface area contributed by atoms with Crippen LogP contribution >= 0.6 is 11.3 Å². The number of benzene rings is 2. The summed E-state index contributed by atoms with van der Waals surface area (Å²) in [5, 5.41) is 37.5. The number of nitrogens with one attached hydrogen (secondary N) is 2. The second-order valence-electron chi connectivity index (χ2n) is 15.2. The van der Waals surface area contributed by atoms with E-state index in [4.69, 9.17) is 9.26 Å². The first kappa shape index (κ1) is 38.7. The van der Waals surface area contributed by atoms with Gasteiger partial charge in [-0.25, -0.2) is 4.98 Å². The lowest BCUT2D eigenvalue weighted by Gasteiger charge is -2.29. The summed E-state index contributed by atoms with van der Waals surface area (Å²) in [5.41, 5.74) is 8.32. The molecular weight excluding hydrogens is 761 g/mol. The molecule has 4 atom stereocenters. The monoisotopic (exact) mass is 804 g/mol. The van der Waals surface area contributed by atoms with E-state index >= 15 is 0 Å². The molecule has 6 aromatic rings. The van der Waals surface area contributed by atoms with E-state index in [1.807, 2.05) is 69.6 Å². The molecule has 0 aliphatic carbocycles. The van der Waals surface area contributed by atoms with Crippen molar-refractivity contribution in [3.63, 3.8) is 0 Å². The van der Waals surface area contributed by atoms with Crippen molar-refractivity contribution in [3.8, 4) is 33.3 Å². The number of aliphatic hydroxyl groups is 1. The highest BCUT2D eigenvalue weighted by Gasteiger charge is 2.43. The lowest BCUT2D eigenvalue weighted by Crippen LogP contribution is -2.48. The topological polar surface area (TPSA) is 200 Å². The first-order valence-corrected chi connectivity index (χ1v) is 20.1. The molecule has 3 amide bonds. The molecule has 6 heterocycles. The largest absolute Gasteiger partial charge is 0.507 e. The van der Waals surface area contributed by atoms with Crippen LogP contribution in [0.3, 0.4) is 0 Å². The number of aliphatic hydroxyl groups excluding tert-OH is 1. The Balaban J connectivity index is 0.901. The van der Waals surface area contributed by atoms with Gasteiger partial charge in [0.05, 0.1) is 33.9 Å². The van der Waals surface area contributed by atoms with Gasteiger partial charge >= 0.3 is 0 Å². The predicted octanol–water partition coefficient (Wildman–Crippen LogP) is 5.29. The second-order valence-corrected chi connectivity index (χ2v) is 16.1. The van der Waals surface area contributed by atoms with Crippen molar-refractivity contribution < 1.29 is 33.9 Å². The Morgan fingerprint density at radius 3 is 2.62 bits per heavy atom. The van der Waals surface area contributed by atoms with E-state index in [-0.39, 0.29) is 66.6 Å². The van der Waals surface area contributed by atoms with Crippen molar-refractivity contribution in [2.75, 3.05) is 19.7 Å². The fourth-order valence-corrected chi connectivity index (χ4v) is 8.68.